The molecule has 0 fully saturated rings. The van der Waals surface area contributed by atoms with Gasteiger partial charge >= 0.3 is 5.97 Å². The van der Waals surface area contributed by atoms with Gasteiger partial charge in [0.1, 0.15) is 5.75 Å². The first-order valence-electron chi connectivity index (χ1n) is 13.9. The second-order valence-corrected chi connectivity index (χ2v) is 12.8. The highest BCUT2D eigenvalue weighted by Crippen LogP contribution is 2.32. The SMILES string of the molecule is CCOc1ccc([C@H]2C(C(=O)OC(C)C)=C(C)N=c3s/c(=C/c4cc(C)n(-c5ccc(C)c(I)c5)c4C)c(=O)n32)cc1. The van der Waals surface area contributed by atoms with E-state index in [-0.39, 0.29) is 11.7 Å². The number of aromatic nitrogens is 2. The minimum atomic E-state index is -0.674. The Bertz CT molecular complexity index is 1890. The summed E-state index contributed by atoms with van der Waals surface area (Å²) in [6.07, 6.45) is 1.62. The molecule has 5 rings (SSSR count). The molecule has 2 aromatic heterocycles. The smallest absolute Gasteiger partial charge is 0.338 e. The Morgan fingerprint density at radius 1 is 1.10 bits per heavy atom. The standard InChI is InChI=1S/C33H34IN3O4S/c1-8-40-26-13-10-23(11-14-26)30-29(32(39)41-18(2)3)21(6)35-33-37(30)31(38)28(42-33)16-24-15-20(5)36(22(24)7)25-12-9-19(4)27(34)17-25/h9-18,30H,8H2,1-7H3/b28-16+/t30-/m0/s1. The Morgan fingerprint density at radius 2 is 1.81 bits per heavy atom. The molecule has 2 aromatic carbocycles. The Labute approximate surface area is 263 Å². The van der Waals surface area contributed by atoms with Gasteiger partial charge in [0, 0.05) is 20.6 Å². The molecule has 0 spiro atoms. The van der Waals surface area contributed by atoms with Gasteiger partial charge in [0.2, 0.25) is 0 Å². The number of halogens is 1. The minimum absolute atomic E-state index is 0.199. The topological polar surface area (TPSA) is 74.8 Å². The second-order valence-electron chi connectivity index (χ2n) is 10.6. The van der Waals surface area contributed by atoms with Crippen LogP contribution in [0.4, 0.5) is 0 Å². The number of thiazole rings is 1. The van der Waals surface area contributed by atoms with Crippen LogP contribution in [0.15, 0.2) is 69.6 Å². The number of ether oxygens (including phenoxy) is 2. The first-order chi connectivity index (χ1) is 20.0. The summed E-state index contributed by atoms with van der Waals surface area (Å²) in [6.45, 7) is 14.1. The molecule has 0 saturated heterocycles. The zero-order chi connectivity index (χ0) is 30.3. The van der Waals surface area contributed by atoms with Gasteiger partial charge in [-0.2, -0.15) is 0 Å². The highest BCUT2D eigenvalue weighted by molar-refractivity contribution is 14.1. The maximum Gasteiger partial charge on any atom is 0.338 e. The van der Waals surface area contributed by atoms with E-state index in [1.165, 1.54) is 20.5 Å². The van der Waals surface area contributed by atoms with E-state index in [0.717, 1.165) is 34.0 Å². The summed E-state index contributed by atoms with van der Waals surface area (Å²) in [5.41, 5.74) is 6.88. The van der Waals surface area contributed by atoms with Gasteiger partial charge in [-0.1, -0.05) is 29.5 Å². The molecule has 0 radical (unpaired) electrons. The third kappa shape index (κ3) is 5.64. The molecule has 42 heavy (non-hydrogen) atoms. The number of aryl methyl sites for hydroxylation is 2. The quantitative estimate of drug-likeness (QED) is 0.178. The van der Waals surface area contributed by atoms with E-state index >= 15 is 0 Å². The van der Waals surface area contributed by atoms with E-state index in [4.69, 9.17) is 14.5 Å². The number of benzene rings is 2. The van der Waals surface area contributed by atoms with E-state index < -0.39 is 12.0 Å². The van der Waals surface area contributed by atoms with Crippen molar-refractivity contribution in [1.82, 2.24) is 9.13 Å². The largest absolute Gasteiger partial charge is 0.494 e. The van der Waals surface area contributed by atoms with Gasteiger partial charge in [-0.05, 0) is 124 Å². The van der Waals surface area contributed by atoms with Gasteiger partial charge in [-0.15, -0.1) is 0 Å². The minimum Gasteiger partial charge on any atom is -0.494 e. The van der Waals surface area contributed by atoms with E-state index in [1.54, 1.807) is 11.5 Å². The summed E-state index contributed by atoms with van der Waals surface area (Å²) in [5.74, 6) is 0.245. The fourth-order valence-electron chi connectivity index (χ4n) is 5.28. The number of hydrogen-bond donors (Lipinski definition) is 0. The summed E-state index contributed by atoms with van der Waals surface area (Å²) >= 11 is 3.69. The molecule has 1 aliphatic rings. The van der Waals surface area contributed by atoms with Crippen LogP contribution in [0.5, 0.6) is 5.75 Å². The lowest BCUT2D eigenvalue weighted by Gasteiger charge is -2.25. The highest BCUT2D eigenvalue weighted by Gasteiger charge is 2.34. The zero-order valence-electron chi connectivity index (χ0n) is 24.8. The Balaban J connectivity index is 1.66. The van der Waals surface area contributed by atoms with Crippen LogP contribution >= 0.6 is 33.9 Å². The summed E-state index contributed by atoms with van der Waals surface area (Å²) in [7, 11) is 0. The predicted octanol–water partition coefficient (Wildman–Crippen LogP) is 5.91. The van der Waals surface area contributed by atoms with Crippen molar-refractivity contribution < 1.29 is 14.3 Å². The number of allylic oxidation sites excluding steroid dienone is 1. The number of rotatable bonds is 7. The molecular formula is C33H34IN3O4S. The number of hydrogen-bond acceptors (Lipinski definition) is 6. The van der Waals surface area contributed by atoms with Crippen molar-refractivity contribution in [3.8, 4) is 11.4 Å². The summed E-state index contributed by atoms with van der Waals surface area (Å²) < 4.78 is 16.8. The molecule has 218 valence electrons. The van der Waals surface area contributed by atoms with Gasteiger partial charge in [-0.3, -0.25) is 9.36 Å². The molecule has 0 unspecified atom stereocenters. The van der Waals surface area contributed by atoms with Crippen LogP contribution in [0.1, 0.15) is 61.8 Å². The maximum absolute atomic E-state index is 14.1. The van der Waals surface area contributed by atoms with Crippen LogP contribution in [0, 0.1) is 24.3 Å². The molecule has 0 aliphatic carbocycles. The number of fused-ring (bicyclic) bond motifs is 1. The molecule has 1 aliphatic heterocycles. The molecule has 4 aromatic rings. The fraction of sp³-hybridized carbons (Fsp3) is 0.303. The predicted molar refractivity (Wildman–Crippen MR) is 175 cm³/mol. The van der Waals surface area contributed by atoms with Gasteiger partial charge in [-0.25, -0.2) is 9.79 Å². The first kappa shape index (κ1) is 30.0. The lowest BCUT2D eigenvalue weighted by atomic mass is 9.96. The van der Waals surface area contributed by atoms with Crippen molar-refractivity contribution in [2.45, 2.75) is 60.6 Å². The van der Waals surface area contributed by atoms with E-state index in [1.807, 2.05) is 51.1 Å². The van der Waals surface area contributed by atoms with Crippen LogP contribution in [0.2, 0.25) is 0 Å². The summed E-state index contributed by atoms with van der Waals surface area (Å²) in [6, 6.07) is 15.3. The van der Waals surface area contributed by atoms with Gasteiger partial charge < -0.3 is 14.0 Å². The third-order valence-electron chi connectivity index (χ3n) is 7.26. The maximum atomic E-state index is 14.1. The van der Waals surface area contributed by atoms with Crippen LogP contribution in [0.25, 0.3) is 11.8 Å². The van der Waals surface area contributed by atoms with Crippen molar-refractivity contribution in [3.05, 3.63) is 111 Å². The average molecular weight is 696 g/mol. The van der Waals surface area contributed by atoms with Gasteiger partial charge in [0.05, 0.1) is 34.6 Å². The summed E-state index contributed by atoms with van der Waals surface area (Å²) in [4.78, 5) is 32.7. The van der Waals surface area contributed by atoms with Crippen LogP contribution in [0.3, 0.4) is 0 Å². The molecule has 0 amide bonds. The molecule has 1 atom stereocenters. The van der Waals surface area contributed by atoms with Crippen LogP contribution in [-0.2, 0) is 9.53 Å². The number of carbonyl (C=O) groups is 1. The van der Waals surface area contributed by atoms with Crippen LogP contribution < -0.4 is 19.6 Å². The second kappa shape index (κ2) is 12.0. The molecule has 0 saturated carbocycles. The molecule has 0 bridgehead atoms. The van der Waals surface area contributed by atoms with Gasteiger partial charge in [0.25, 0.3) is 5.56 Å². The van der Waals surface area contributed by atoms with E-state index in [9.17, 15) is 9.59 Å². The molecular weight excluding hydrogens is 661 g/mol. The molecule has 0 N–H and O–H groups in total. The fourth-order valence-corrected chi connectivity index (χ4v) is 6.82. The molecule has 7 nitrogen and oxygen atoms in total. The van der Waals surface area contributed by atoms with E-state index in [0.29, 0.717) is 27.2 Å². The first-order valence-corrected chi connectivity index (χ1v) is 15.8. The molecule has 9 heteroatoms. The Morgan fingerprint density at radius 3 is 2.45 bits per heavy atom. The Kier molecular flexibility index (Phi) is 8.61. The third-order valence-corrected chi connectivity index (χ3v) is 9.41. The van der Waals surface area contributed by atoms with Crippen molar-refractivity contribution >= 4 is 46.0 Å². The Hall–Kier alpha value is -3.44. The highest BCUT2D eigenvalue weighted by atomic mass is 127. The van der Waals surface area contributed by atoms with Crippen LogP contribution in [-0.4, -0.2) is 27.8 Å². The molecule has 3 heterocycles. The summed E-state index contributed by atoms with van der Waals surface area (Å²) in [5, 5.41) is 0. The van der Waals surface area contributed by atoms with Crippen molar-refractivity contribution in [1.29, 1.82) is 0 Å². The monoisotopic (exact) mass is 695 g/mol. The van der Waals surface area contributed by atoms with Crippen molar-refractivity contribution in [2.24, 2.45) is 4.99 Å². The number of carbonyl (C=O) groups excluding carboxylic acids is 1. The lowest BCUT2D eigenvalue weighted by molar-refractivity contribution is -0.143. The zero-order valence-corrected chi connectivity index (χ0v) is 27.8. The average Bonchev–Trinajstić information content (AvgIpc) is 3.39. The van der Waals surface area contributed by atoms with Crippen molar-refractivity contribution in [3.63, 3.8) is 0 Å². The van der Waals surface area contributed by atoms with E-state index in [2.05, 4.69) is 72.2 Å². The number of nitrogens with zero attached hydrogens (tertiary/aromatic N) is 3. The lowest BCUT2D eigenvalue weighted by Crippen LogP contribution is -2.40. The van der Waals surface area contributed by atoms with Crippen molar-refractivity contribution in [2.75, 3.05) is 6.61 Å². The normalized spacial score (nSPS) is 15.2. The van der Waals surface area contributed by atoms with Gasteiger partial charge in [0.15, 0.2) is 4.80 Å². The number of esters is 1.